The molecule has 240 valence electrons. The van der Waals surface area contributed by atoms with Gasteiger partial charge in [0.15, 0.2) is 23.9 Å². The Kier molecular flexibility index (Phi) is 9.51. The maximum absolute atomic E-state index is 13.2. The van der Waals surface area contributed by atoms with E-state index < -0.39 is 35.7 Å². The number of ether oxygens (including phenoxy) is 3. The number of rotatable bonds is 12. The third kappa shape index (κ3) is 7.41. The second kappa shape index (κ2) is 13.4. The third-order valence-corrected chi connectivity index (χ3v) is 8.79. The number of halogens is 4. The van der Waals surface area contributed by atoms with Crippen molar-refractivity contribution in [2.24, 2.45) is 7.05 Å². The first-order valence-corrected chi connectivity index (χ1v) is 14.9. The Balaban J connectivity index is 1.45. The fraction of sp³-hybridized carbons (Fsp3) is 0.297. The Bertz CT molecular complexity index is 1770. The summed E-state index contributed by atoms with van der Waals surface area (Å²) in [5, 5.41) is 2.32. The Hall–Kier alpha value is -4.66. The Morgan fingerprint density at radius 1 is 0.717 bits per heavy atom. The monoisotopic (exact) mass is 633 g/mol. The van der Waals surface area contributed by atoms with E-state index in [0.29, 0.717) is 17.9 Å². The molecule has 0 aliphatic carbocycles. The van der Waals surface area contributed by atoms with E-state index in [2.05, 4.69) is 58.6 Å². The zero-order valence-corrected chi connectivity index (χ0v) is 26.4. The molecule has 0 saturated heterocycles. The summed E-state index contributed by atoms with van der Waals surface area (Å²) in [5.74, 6) is -0.891. The molecule has 0 amide bonds. The van der Waals surface area contributed by atoms with Crippen LogP contribution in [0.2, 0.25) is 0 Å². The van der Waals surface area contributed by atoms with E-state index in [9.17, 15) is 17.6 Å². The minimum absolute atomic E-state index is 0.378. The molecule has 5 aromatic rings. The van der Waals surface area contributed by atoms with E-state index in [1.54, 1.807) is 18.3 Å². The number of pyridine rings is 2. The maximum atomic E-state index is 13.2. The number of hydrogen-bond donors (Lipinski definition) is 0. The number of aryl methyl sites for hydroxylation is 1. The van der Waals surface area contributed by atoms with Gasteiger partial charge < -0.3 is 14.2 Å². The molecule has 0 aliphatic heterocycles. The van der Waals surface area contributed by atoms with Crippen molar-refractivity contribution >= 4 is 10.8 Å². The lowest BCUT2D eigenvalue weighted by molar-refractivity contribution is -0.671. The molecule has 2 heterocycles. The van der Waals surface area contributed by atoms with Gasteiger partial charge in [0.2, 0.25) is 5.88 Å². The molecular weight excluding hydrogens is 596 g/mol. The van der Waals surface area contributed by atoms with Crippen LogP contribution in [0.1, 0.15) is 55.9 Å². The van der Waals surface area contributed by atoms with E-state index in [0.717, 1.165) is 22.1 Å². The van der Waals surface area contributed by atoms with Crippen molar-refractivity contribution < 1.29 is 36.3 Å². The van der Waals surface area contributed by atoms with Crippen molar-refractivity contribution in [1.29, 1.82) is 0 Å². The first-order chi connectivity index (χ1) is 21.8. The molecule has 0 aliphatic rings. The van der Waals surface area contributed by atoms with E-state index in [1.807, 2.05) is 68.2 Å². The van der Waals surface area contributed by atoms with Gasteiger partial charge in [0.25, 0.3) is 0 Å². The molecular formula is C37H37F4N2O3+. The summed E-state index contributed by atoms with van der Waals surface area (Å²) in [6.45, 7) is 1.93. The molecule has 0 spiro atoms. The SMILES string of the molecule is C[n+]1ccc(CC(c2ccc(OC(C)(C)C(C)(C)c3ccc4ccccc4c3)nc2)c2ccc(OC(F)F)c(OC(F)F)c2)cc1. The molecule has 0 radical (unpaired) electrons. The normalized spacial score (nSPS) is 12.8. The highest BCUT2D eigenvalue weighted by atomic mass is 19.3. The first kappa shape index (κ1) is 32.7. The van der Waals surface area contributed by atoms with Crippen molar-refractivity contribution in [2.45, 2.75) is 64.3 Å². The zero-order valence-electron chi connectivity index (χ0n) is 26.4. The molecule has 0 fully saturated rings. The summed E-state index contributed by atoms with van der Waals surface area (Å²) in [5.41, 5.74) is 2.39. The highest BCUT2D eigenvalue weighted by Gasteiger charge is 2.41. The fourth-order valence-corrected chi connectivity index (χ4v) is 5.43. The van der Waals surface area contributed by atoms with Crippen LogP contribution in [0.5, 0.6) is 17.4 Å². The lowest BCUT2D eigenvalue weighted by Crippen LogP contribution is -2.47. The highest BCUT2D eigenvalue weighted by molar-refractivity contribution is 5.83. The summed E-state index contributed by atoms with van der Waals surface area (Å²) in [4.78, 5) is 4.65. The molecule has 0 N–H and O–H groups in total. The summed E-state index contributed by atoms with van der Waals surface area (Å²) < 4.78 is 69.8. The smallest absolute Gasteiger partial charge is 0.387 e. The molecule has 1 unspecified atom stereocenters. The lowest BCUT2D eigenvalue weighted by atomic mass is 9.71. The summed E-state index contributed by atoms with van der Waals surface area (Å²) >= 11 is 0. The largest absolute Gasteiger partial charge is 0.471 e. The Labute approximate surface area is 266 Å². The van der Waals surface area contributed by atoms with Crippen LogP contribution in [0.3, 0.4) is 0 Å². The quantitative estimate of drug-likeness (QED) is 0.102. The maximum Gasteiger partial charge on any atom is 0.387 e. The topological polar surface area (TPSA) is 44.5 Å². The van der Waals surface area contributed by atoms with E-state index in [1.165, 1.54) is 17.5 Å². The standard InChI is InChI=1S/C37H37F4N2O3/c1-36(2,29-13-10-25-8-6-7-9-26(25)21-29)37(3,4)46-33-15-12-28(23-42-33)30(20-24-16-18-43(5)19-17-24)27-11-14-31(44-34(38)39)32(22-27)45-35(40)41/h6-19,21-23,30,34-35H,20H2,1-5H3/q+1. The van der Waals surface area contributed by atoms with Gasteiger partial charge in [-0.15, -0.1) is 0 Å². The molecule has 0 bridgehead atoms. The molecule has 5 nitrogen and oxygen atoms in total. The summed E-state index contributed by atoms with van der Waals surface area (Å²) in [7, 11) is 1.91. The van der Waals surface area contributed by atoms with Gasteiger partial charge in [0, 0.05) is 35.7 Å². The minimum Gasteiger partial charge on any atom is -0.471 e. The van der Waals surface area contributed by atoms with Gasteiger partial charge in [-0.1, -0.05) is 68.4 Å². The van der Waals surface area contributed by atoms with Crippen LogP contribution in [0.4, 0.5) is 17.6 Å². The number of benzene rings is 3. The second-order valence-electron chi connectivity index (χ2n) is 12.3. The first-order valence-electron chi connectivity index (χ1n) is 14.9. The van der Waals surface area contributed by atoms with Crippen LogP contribution < -0.4 is 18.8 Å². The summed E-state index contributed by atoms with van der Waals surface area (Å²) in [6, 6.07) is 26.4. The molecule has 9 heteroatoms. The number of aromatic nitrogens is 2. The molecule has 3 aromatic carbocycles. The zero-order chi connectivity index (χ0) is 33.1. The van der Waals surface area contributed by atoms with Crippen LogP contribution in [0, 0.1) is 0 Å². The van der Waals surface area contributed by atoms with E-state index in [4.69, 9.17) is 4.74 Å². The fourth-order valence-electron chi connectivity index (χ4n) is 5.43. The van der Waals surface area contributed by atoms with E-state index >= 15 is 0 Å². The van der Waals surface area contributed by atoms with Gasteiger partial charge in [-0.05, 0) is 65.4 Å². The molecule has 0 saturated carbocycles. The van der Waals surface area contributed by atoms with Gasteiger partial charge >= 0.3 is 13.2 Å². The van der Waals surface area contributed by atoms with Crippen molar-refractivity contribution in [3.8, 4) is 17.4 Å². The van der Waals surface area contributed by atoms with Gasteiger partial charge in [-0.3, -0.25) is 0 Å². The van der Waals surface area contributed by atoms with Gasteiger partial charge in [-0.2, -0.15) is 17.6 Å². The Morgan fingerprint density at radius 3 is 2.02 bits per heavy atom. The number of fused-ring (bicyclic) bond motifs is 1. The molecule has 1 atom stereocenters. The van der Waals surface area contributed by atoms with Crippen molar-refractivity contribution in [3.63, 3.8) is 0 Å². The lowest BCUT2D eigenvalue weighted by Gasteiger charge is -2.41. The minimum atomic E-state index is -3.22. The van der Waals surface area contributed by atoms with Crippen LogP contribution in [0.25, 0.3) is 10.8 Å². The van der Waals surface area contributed by atoms with Crippen LogP contribution >= 0.6 is 0 Å². The van der Waals surface area contributed by atoms with Crippen LogP contribution in [-0.4, -0.2) is 23.8 Å². The molecule has 5 rings (SSSR count). The average molecular weight is 634 g/mol. The second-order valence-corrected chi connectivity index (χ2v) is 12.3. The highest BCUT2D eigenvalue weighted by Crippen LogP contribution is 2.40. The van der Waals surface area contributed by atoms with Gasteiger partial charge in [0.05, 0.1) is 0 Å². The summed E-state index contributed by atoms with van der Waals surface area (Å²) in [6.07, 6.45) is 5.99. The number of nitrogens with zero attached hydrogens (tertiary/aromatic N) is 2. The molecule has 2 aromatic heterocycles. The predicted molar refractivity (Wildman–Crippen MR) is 169 cm³/mol. The van der Waals surface area contributed by atoms with Gasteiger partial charge in [-0.25, -0.2) is 9.55 Å². The van der Waals surface area contributed by atoms with Gasteiger partial charge in [0.1, 0.15) is 12.6 Å². The van der Waals surface area contributed by atoms with Crippen LogP contribution in [0.15, 0.2) is 104 Å². The number of alkyl halides is 4. The van der Waals surface area contributed by atoms with E-state index in [-0.39, 0.29) is 5.92 Å². The molecule has 46 heavy (non-hydrogen) atoms. The average Bonchev–Trinajstić information content (AvgIpc) is 3.01. The van der Waals surface area contributed by atoms with Crippen molar-refractivity contribution in [1.82, 2.24) is 4.98 Å². The van der Waals surface area contributed by atoms with Crippen molar-refractivity contribution in [3.05, 3.63) is 126 Å². The number of hydrogen-bond acceptors (Lipinski definition) is 4. The third-order valence-electron chi connectivity index (χ3n) is 8.79. The Morgan fingerprint density at radius 2 is 1.37 bits per heavy atom. The predicted octanol–water partition coefficient (Wildman–Crippen LogP) is 8.77. The van der Waals surface area contributed by atoms with Crippen LogP contribution in [-0.2, 0) is 18.9 Å². The van der Waals surface area contributed by atoms with Crippen molar-refractivity contribution in [2.75, 3.05) is 0 Å².